The van der Waals surface area contributed by atoms with E-state index in [2.05, 4.69) is 33.2 Å². The van der Waals surface area contributed by atoms with E-state index in [1.54, 1.807) is 18.2 Å². The molecule has 0 aliphatic heterocycles. The predicted octanol–water partition coefficient (Wildman–Crippen LogP) is 1.50. The number of amides is 1. The molecule has 8 nitrogen and oxygen atoms in total. The minimum Gasteiger partial charge on any atom is -0.493 e. The highest BCUT2D eigenvalue weighted by atomic mass is 127. The summed E-state index contributed by atoms with van der Waals surface area (Å²) < 4.78 is 12.3. The first-order valence-corrected chi connectivity index (χ1v) is 11.7. The van der Waals surface area contributed by atoms with Crippen molar-refractivity contribution in [2.75, 3.05) is 20.3 Å². The first kappa shape index (κ1) is 25.4. The van der Waals surface area contributed by atoms with Crippen LogP contribution in [0.25, 0.3) is 0 Å². The van der Waals surface area contributed by atoms with Crippen LogP contribution in [0.3, 0.4) is 0 Å². The van der Waals surface area contributed by atoms with Gasteiger partial charge in [-0.25, -0.2) is 0 Å². The molecule has 2 aromatic rings. The topological polar surface area (TPSA) is 120 Å². The number of hydrogen-bond acceptors (Lipinski definition) is 7. The molecule has 0 heterocycles. The first-order chi connectivity index (χ1) is 16.0. The van der Waals surface area contributed by atoms with Gasteiger partial charge in [0.05, 0.1) is 23.9 Å². The molecule has 0 radical (unpaired) electrons. The summed E-state index contributed by atoms with van der Waals surface area (Å²) >= 11 is 2.09. The second kappa shape index (κ2) is 12.3. The van der Waals surface area contributed by atoms with E-state index in [-0.39, 0.29) is 25.7 Å². The molecule has 3 atom stereocenters. The van der Waals surface area contributed by atoms with Crippen molar-refractivity contribution < 1.29 is 29.6 Å². The zero-order chi connectivity index (χ0) is 23.8. The maximum absolute atomic E-state index is 12.6. The summed E-state index contributed by atoms with van der Waals surface area (Å²) in [5.74, 6) is 0.542. The molecule has 1 amide bonds. The lowest BCUT2D eigenvalue weighted by Crippen LogP contribution is -2.51. The summed E-state index contributed by atoms with van der Waals surface area (Å²) in [6.45, 7) is 0.358. The van der Waals surface area contributed by atoms with Gasteiger partial charge in [0, 0.05) is 24.7 Å². The fourth-order valence-electron chi connectivity index (χ4n) is 3.66. The van der Waals surface area contributed by atoms with E-state index < -0.39 is 18.2 Å². The fraction of sp³-hybridized carbons (Fsp3) is 0.375. The highest BCUT2D eigenvalue weighted by Gasteiger charge is 2.36. The maximum Gasteiger partial charge on any atom is 0.247 e. The summed E-state index contributed by atoms with van der Waals surface area (Å²) in [6, 6.07) is 12.8. The third-order valence-electron chi connectivity index (χ3n) is 5.38. The number of aliphatic hydroxyl groups is 3. The van der Waals surface area contributed by atoms with Crippen molar-refractivity contribution in [3.8, 4) is 11.5 Å². The maximum atomic E-state index is 12.6. The zero-order valence-electron chi connectivity index (χ0n) is 18.3. The average Bonchev–Trinajstić information content (AvgIpc) is 2.84. The number of ether oxygens (including phenoxy) is 2. The Morgan fingerprint density at radius 1 is 1.18 bits per heavy atom. The number of carbonyl (C=O) groups is 1. The van der Waals surface area contributed by atoms with Gasteiger partial charge in [0.1, 0.15) is 12.2 Å². The zero-order valence-corrected chi connectivity index (χ0v) is 20.5. The van der Waals surface area contributed by atoms with Crippen LogP contribution in [0.5, 0.6) is 11.5 Å². The number of rotatable bonds is 10. The van der Waals surface area contributed by atoms with E-state index in [4.69, 9.17) is 14.6 Å². The molecule has 1 aliphatic rings. The molecule has 0 aromatic heterocycles. The first-order valence-electron chi connectivity index (χ1n) is 10.7. The SMILES string of the molecule is COc1cc(CO)cc(I)c1OC1C=C(C(=O)NCCO)CC(NCc2ccccc2)C1O. The van der Waals surface area contributed by atoms with Crippen molar-refractivity contribution in [2.24, 2.45) is 0 Å². The molecule has 3 rings (SSSR count). The van der Waals surface area contributed by atoms with Gasteiger partial charge in [-0.2, -0.15) is 0 Å². The molecule has 0 saturated heterocycles. The van der Waals surface area contributed by atoms with Gasteiger partial charge in [-0.15, -0.1) is 0 Å². The normalized spacial score (nSPS) is 20.2. The lowest BCUT2D eigenvalue weighted by molar-refractivity contribution is -0.118. The van der Waals surface area contributed by atoms with Crippen LogP contribution < -0.4 is 20.1 Å². The van der Waals surface area contributed by atoms with Gasteiger partial charge in [-0.05, 0) is 58.3 Å². The molecule has 178 valence electrons. The Morgan fingerprint density at radius 2 is 1.94 bits per heavy atom. The third-order valence-corrected chi connectivity index (χ3v) is 6.18. The molecular formula is C24H29IN2O6. The Balaban J connectivity index is 1.86. The van der Waals surface area contributed by atoms with Gasteiger partial charge >= 0.3 is 0 Å². The van der Waals surface area contributed by atoms with Crippen LogP contribution in [-0.4, -0.2) is 59.7 Å². The standard InChI is InChI=1S/C24H29IN2O6/c1-32-21-10-16(14-29)9-18(25)23(21)33-20-12-17(24(31)26-7-8-28)11-19(22(20)30)27-13-15-5-3-2-4-6-15/h2-6,9-10,12,19-20,22,27-30H,7-8,11,13-14H2,1H3,(H,26,31). The quantitative estimate of drug-likeness (QED) is 0.276. The van der Waals surface area contributed by atoms with Gasteiger partial charge in [0.25, 0.3) is 0 Å². The van der Waals surface area contributed by atoms with Crippen molar-refractivity contribution in [1.82, 2.24) is 10.6 Å². The van der Waals surface area contributed by atoms with Crippen molar-refractivity contribution in [1.29, 1.82) is 0 Å². The molecule has 0 saturated carbocycles. The molecule has 33 heavy (non-hydrogen) atoms. The van der Waals surface area contributed by atoms with Crippen LogP contribution in [0, 0.1) is 3.57 Å². The van der Waals surface area contributed by atoms with E-state index in [9.17, 15) is 15.0 Å². The Kier molecular flexibility index (Phi) is 9.51. The van der Waals surface area contributed by atoms with E-state index in [0.29, 0.717) is 39.2 Å². The minimum absolute atomic E-state index is 0.140. The fourth-order valence-corrected chi connectivity index (χ4v) is 4.45. The van der Waals surface area contributed by atoms with Gasteiger partial charge in [0.15, 0.2) is 11.5 Å². The van der Waals surface area contributed by atoms with E-state index in [1.165, 1.54) is 7.11 Å². The number of carbonyl (C=O) groups excluding carboxylic acids is 1. The second-order valence-electron chi connectivity index (χ2n) is 7.69. The van der Waals surface area contributed by atoms with Crippen LogP contribution >= 0.6 is 22.6 Å². The van der Waals surface area contributed by atoms with Crippen LogP contribution in [-0.2, 0) is 17.9 Å². The molecule has 0 bridgehead atoms. The summed E-state index contributed by atoms with van der Waals surface area (Å²) in [5, 5.41) is 35.6. The third kappa shape index (κ3) is 6.67. The van der Waals surface area contributed by atoms with E-state index >= 15 is 0 Å². The van der Waals surface area contributed by atoms with Crippen LogP contribution in [0.1, 0.15) is 17.5 Å². The molecular weight excluding hydrogens is 539 g/mol. The van der Waals surface area contributed by atoms with E-state index in [0.717, 1.165) is 5.56 Å². The van der Waals surface area contributed by atoms with Gasteiger partial charge in [-0.3, -0.25) is 4.79 Å². The smallest absolute Gasteiger partial charge is 0.247 e. The average molecular weight is 568 g/mol. The monoisotopic (exact) mass is 568 g/mol. The summed E-state index contributed by atoms with van der Waals surface area (Å²) in [4.78, 5) is 12.6. The highest BCUT2D eigenvalue weighted by molar-refractivity contribution is 14.1. The number of nitrogens with one attached hydrogen (secondary N) is 2. The molecule has 1 aliphatic carbocycles. The summed E-state index contributed by atoms with van der Waals surface area (Å²) in [5.41, 5.74) is 2.19. The Hall–Kier alpha value is -2.18. The van der Waals surface area contributed by atoms with Crippen molar-refractivity contribution in [3.63, 3.8) is 0 Å². The molecule has 5 N–H and O–H groups in total. The number of hydrogen-bond donors (Lipinski definition) is 5. The molecule has 2 aromatic carbocycles. The predicted molar refractivity (Wildman–Crippen MR) is 132 cm³/mol. The Morgan fingerprint density at radius 3 is 2.61 bits per heavy atom. The number of methoxy groups -OCH3 is 1. The highest BCUT2D eigenvalue weighted by Crippen LogP contribution is 2.36. The molecule has 0 fully saturated rings. The van der Waals surface area contributed by atoms with Gasteiger partial charge < -0.3 is 35.4 Å². The largest absolute Gasteiger partial charge is 0.493 e. The Labute approximate surface area is 206 Å². The molecule has 9 heteroatoms. The second-order valence-corrected chi connectivity index (χ2v) is 8.85. The summed E-state index contributed by atoms with van der Waals surface area (Å²) in [6.07, 6.45) is 0.182. The lowest BCUT2D eigenvalue weighted by Gasteiger charge is -2.34. The number of halogens is 1. The van der Waals surface area contributed by atoms with Gasteiger partial charge in [-0.1, -0.05) is 30.3 Å². The Bertz CT molecular complexity index is 969. The molecule has 3 unspecified atom stereocenters. The summed E-state index contributed by atoms with van der Waals surface area (Å²) in [7, 11) is 1.50. The number of aliphatic hydroxyl groups excluding tert-OH is 3. The molecule has 0 spiro atoms. The minimum atomic E-state index is -0.930. The lowest BCUT2D eigenvalue weighted by atomic mass is 9.89. The van der Waals surface area contributed by atoms with Crippen molar-refractivity contribution in [3.05, 3.63) is 68.8 Å². The van der Waals surface area contributed by atoms with Crippen LogP contribution in [0.4, 0.5) is 0 Å². The van der Waals surface area contributed by atoms with Crippen molar-refractivity contribution in [2.45, 2.75) is 37.8 Å². The van der Waals surface area contributed by atoms with E-state index in [1.807, 2.05) is 30.3 Å². The van der Waals surface area contributed by atoms with Crippen LogP contribution in [0.15, 0.2) is 54.1 Å². The number of benzene rings is 2. The van der Waals surface area contributed by atoms with Crippen LogP contribution in [0.2, 0.25) is 0 Å². The van der Waals surface area contributed by atoms with Crippen molar-refractivity contribution >= 4 is 28.5 Å². The van der Waals surface area contributed by atoms with Gasteiger partial charge in [0.2, 0.25) is 5.91 Å².